The Morgan fingerprint density at radius 1 is 1.46 bits per heavy atom. The Kier molecular flexibility index (Phi) is 1.58. The standard InChI is InChI=1S/C8H8N4O/c1-4-6-8(10-3-9-6)12-7(11-4)5(2)13/h3H,1-2H3,(H,9,10,11,12). The van der Waals surface area contributed by atoms with Gasteiger partial charge in [0.15, 0.2) is 17.3 Å². The molecule has 2 aromatic heterocycles. The monoisotopic (exact) mass is 176 g/mol. The summed E-state index contributed by atoms with van der Waals surface area (Å²) in [5.41, 5.74) is 2.07. The van der Waals surface area contributed by atoms with Crippen molar-refractivity contribution in [3.8, 4) is 0 Å². The lowest BCUT2D eigenvalue weighted by molar-refractivity contribution is 0.100. The summed E-state index contributed by atoms with van der Waals surface area (Å²) in [6, 6.07) is 0. The van der Waals surface area contributed by atoms with Crippen LogP contribution < -0.4 is 0 Å². The highest BCUT2D eigenvalue weighted by Gasteiger charge is 2.08. The van der Waals surface area contributed by atoms with Crippen molar-refractivity contribution in [2.75, 3.05) is 0 Å². The molecule has 0 spiro atoms. The second-order valence-electron chi connectivity index (χ2n) is 2.79. The molecule has 0 aliphatic heterocycles. The van der Waals surface area contributed by atoms with E-state index in [-0.39, 0.29) is 11.6 Å². The molecule has 13 heavy (non-hydrogen) atoms. The average molecular weight is 176 g/mol. The predicted molar refractivity (Wildman–Crippen MR) is 46.4 cm³/mol. The normalized spacial score (nSPS) is 10.6. The van der Waals surface area contributed by atoms with Crippen molar-refractivity contribution in [3.63, 3.8) is 0 Å². The maximum absolute atomic E-state index is 11.0. The van der Waals surface area contributed by atoms with E-state index >= 15 is 0 Å². The van der Waals surface area contributed by atoms with Crippen molar-refractivity contribution >= 4 is 16.9 Å². The number of aryl methyl sites for hydroxylation is 1. The molecule has 0 aromatic carbocycles. The third kappa shape index (κ3) is 1.18. The van der Waals surface area contributed by atoms with Gasteiger partial charge in [0.25, 0.3) is 0 Å². The molecular weight excluding hydrogens is 168 g/mol. The third-order valence-corrected chi connectivity index (χ3v) is 1.78. The van der Waals surface area contributed by atoms with Crippen LogP contribution in [0.4, 0.5) is 0 Å². The fraction of sp³-hybridized carbons (Fsp3) is 0.250. The molecule has 2 rings (SSSR count). The number of Topliss-reactive ketones (excluding diaryl/α,β-unsaturated/α-hetero) is 1. The van der Waals surface area contributed by atoms with Gasteiger partial charge >= 0.3 is 0 Å². The van der Waals surface area contributed by atoms with Crippen molar-refractivity contribution < 1.29 is 4.79 Å². The van der Waals surface area contributed by atoms with Crippen molar-refractivity contribution in [1.29, 1.82) is 0 Å². The van der Waals surface area contributed by atoms with E-state index in [1.807, 2.05) is 6.92 Å². The van der Waals surface area contributed by atoms with Crippen molar-refractivity contribution in [2.24, 2.45) is 0 Å². The van der Waals surface area contributed by atoms with Gasteiger partial charge in [-0.25, -0.2) is 15.0 Å². The fourth-order valence-corrected chi connectivity index (χ4v) is 1.14. The average Bonchev–Trinajstić information content (AvgIpc) is 2.51. The summed E-state index contributed by atoms with van der Waals surface area (Å²) < 4.78 is 0. The van der Waals surface area contributed by atoms with Crippen LogP contribution in [-0.4, -0.2) is 25.7 Å². The van der Waals surface area contributed by atoms with Gasteiger partial charge in [0, 0.05) is 6.92 Å². The number of fused-ring (bicyclic) bond motifs is 1. The summed E-state index contributed by atoms with van der Waals surface area (Å²) in [5.74, 6) is 0.0742. The van der Waals surface area contributed by atoms with E-state index in [1.165, 1.54) is 13.3 Å². The number of ketones is 1. The number of nitrogens with one attached hydrogen (secondary N) is 1. The third-order valence-electron chi connectivity index (χ3n) is 1.78. The summed E-state index contributed by atoms with van der Waals surface area (Å²) >= 11 is 0. The minimum absolute atomic E-state index is 0.145. The Labute approximate surface area is 74.2 Å². The van der Waals surface area contributed by atoms with E-state index in [1.54, 1.807) is 0 Å². The van der Waals surface area contributed by atoms with Gasteiger partial charge in [0.2, 0.25) is 0 Å². The van der Waals surface area contributed by atoms with Gasteiger partial charge in [0.1, 0.15) is 5.52 Å². The summed E-state index contributed by atoms with van der Waals surface area (Å²) in [6.07, 6.45) is 1.54. The van der Waals surface area contributed by atoms with Gasteiger partial charge in [-0.15, -0.1) is 0 Å². The van der Waals surface area contributed by atoms with Gasteiger partial charge in [-0.1, -0.05) is 0 Å². The smallest absolute Gasteiger partial charge is 0.198 e. The number of hydrogen-bond acceptors (Lipinski definition) is 4. The zero-order chi connectivity index (χ0) is 9.42. The van der Waals surface area contributed by atoms with Crippen LogP contribution >= 0.6 is 0 Å². The van der Waals surface area contributed by atoms with Crippen LogP contribution in [0.25, 0.3) is 11.2 Å². The molecule has 0 unspecified atom stereocenters. The summed E-state index contributed by atoms with van der Waals surface area (Å²) in [5, 5.41) is 0. The van der Waals surface area contributed by atoms with E-state index in [9.17, 15) is 4.79 Å². The second kappa shape index (κ2) is 2.62. The zero-order valence-electron chi connectivity index (χ0n) is 7.33. The first-order chi connectivity index (χ1) is 6.18. The molecule has 5 heteroatoms. The predicted octanol–water partition coefficient (Wildman–Crippen LogP) is 0.864. The van der Waals surface area contributed by atoms with Crippen LogP contribution in [0.1, 0.15) is 23.2 Å². The number of nitrogens with zero attached hydrogens (tertiary/aromatic N) is 3. The minimum Gasteiger partial charge on any atom is -0.342 e. The van der Waals surface area contributed by atoms with Crippen LogP contribution in [0.5, 0.6) is 0 Å². The molecule has 2 heterocycles. The molecule has 0 saturated heterocycles. The van der Waals surface area contributed by atoms with Crippen LogP contribution in [0, 0.1) is 6.92 Å². The Balaban J connectivity index is 2.77. The maximum Gasteiger partial charge on any atom is 0.198 e. The summed E-state index contributed by atoms with van der Waals surface area (Å²) in [7, 11) is 0. The molecule has 66 valence electrons. The van der Waals surface area contributed by atoms with Crippen molar-refractivity contribution in [1.82, 2.24) is 19.9 Å². The van der Waals surface area contributed by atoms with E-state index in [4.69, 9.17) is 0 Å². The molecule has 2 aromatic rings. The Morgan fingerprint density at radius 2 is 2.23 bits per heavy atom. The van der Waals surface area contributed by atoms with Crippen molar-refractivity contribution in [3.05, 3.63) is 17.8 Å². The van der Waals surface area contributed by atoms with E-state index in [0.29, 0.717) is 5.65 Å². The molecule has 0 aliphatic rings. The van der Waals surface area contributed by atoms with Crippen LogP contribution in [0.15, 0.2) is 6.33 Å². The number of carbonyl (C=O) groups is 1. The first kappa shape index (κ1) is 7.85. The number of aromatic amines is 1. The number of imidazole rings is 1. The quantitative estimate of drug-likeness (QED) is 0.654. The molecule has 0 fully saturated rings. The van der Waals surface area contributed by atoms with E-state index in [0.717, 1.165) is 11.2 Å². The minimum atomic E-state index is -0.145. The number of hydrogen-bond donors (Lipinski definition) is 1. The maximum atomic E-state index is 11.0. The topological polar surface area (TPSA) is 71.5 Å². The van der Waals surface area contributed by atoms with Gasteiger partial charge in [-0.05, 0) is 6.92 Å². The van der Waals surface area contributed by atoms with Gasteiger partial charge in [-0.3, -0.25) is 4.79 Å². The number of aromatic nitrogens is 4. The molecule has 0 aliphatic carbocycles. The second-order valence-corrected chi connectivity index (χ2v) is 2.79. The van der Waals surface area contributed by atoms with Gasteiger partial charge in [0.05, 0.1) is 12.0 Å². The summed E-state index contributed by atoms with van der Waals surface area (Å²) in [4.78, 5) is 25.9. The van der Waals surface area contributed by atoms with Gasteiger partial charge < -0.3 is 4.98 Å². The lowest BCUT2D eigenvalue weighted by Crippen LogP contribution is -2.02. The van der Waals surface area contributed by atoms with Crippen LogP contribution in [0.3, 0.4) is 0 Å². The van der Waals surface area contributed by atoms with Gasteiger partial charge in [-0.2, -0.15) is 0 Å². The highest BCUT2D eigenvalue weighted by molar-refractivity contribution is 5.92. The van der Waals surface area contributed by atoms with Crippen LogP contribution in [-0.2, 0) is 0 Å². The number of rotatable bonds is 1. The Bertz CT molecular complexity index is 474. The summed E-state index contributed by atoms with van der Waals surface area (Å²) in [6.45, 7) is 3.25. The van der Waals surface area contributed by atoms with E-state index in [2.05, 4.69) is 19.9 Å². The molecule has 0 atom stereocenters. The Hall–Kier alpha value is -1.78. The Morgan fingerprint density at radius 3 is 2.92 bits per heavy atom. The number of carbonyl (C=O) groups excluding carboxylic acids is 1. The number of H-pyrrole nitrogens is 1. The lowest BCUT2D eigenvalue weighted by Gasteiger charge is -1.96. The molecular formula is C8H8N4O. The largest absolute Gasteiger partial charge is 0.342 e. The molecule has 0 bridgehead atoms. The fourth-order valence-electron chi connectivity index (χ4n) is 1.14. The zero-order valence-corrected chi connectivity index (χ0v) is 7.33. The van der Waals surface area contributed by atoms with Crippen LogP contribution in [0.2, 0.25) is 0 Å². The van der Waals surface area contributed by atoms with Crippen molar-refractivity contribution in [2.45, 2.75) is 13.8 Å². The molecule has 1 N–H and O–H groups in total. The SMILES string of the molecule is CC(=O)c1nc(C)c2[nH]cnc2n1. The van der Waals surface area contributed by atoms with E-state index < -0.39 is 0 Å². The molecule has 5 nitrogen and oxygen atoms in total. The molecule has 0 amide bonds. The highest BCUT2D eigenvalue weighted by Crippen LogP contribution is 2.09. The molecule has 0 saturated carbocycles. The highest BCUT2D eigenvalue weighted by atomic mass is 16.1. The molecule has 0 radical (unpaired) electrons. The lowest BCUT2D eigenvalue weighted by atomic mass is 10.3. The first-order valence-electron chi connectivity index (χ1n) is 3.87. The first-order valence-corrected chi connectivity index (χ1v) is 3.87.